The third-order valence-electron chi connectivity index (χ3n) is 12.5. The van der Waals surface area contributed by atoms with Gasteiger partial charge >= 0.3 is 35.0 Å². The SMILES string of the molecule is CCC/C=C/CCCCCCCCCCC(=O)OCCn1c(=O)n(CCOC(=O)CCCCCCCCCC/C=C/CCC)c(=O)n(CCOC(=O)CCCCCCCCCC/C=C/CCC)c1=O. The molecule has 0 amide bonds. The number of allylic oxidation sites excluding steroid dienone is 6. The van der Waals surface area contributed by atoms with Gasteiger partial charge in [0.15, 0.2) is 0 Å². The fourth-order valence-corrected chi connectivity index (χ4v) is 8.21. The van der Waals surface area contributed by atoms with Crippen LogP contribution in [0.1, 0.15) is 252 Å². The van der Waals surface area contributed by atoms with E-state index in [-0.39, 0.29) is 58.7 Å². The molecule has 1 aromatic rings. The molecule has 0 bridgehead atoms. The maximum absolute atomic E-state index is 13.6. The third-order valence-corrected chi connectivity index (χ3v) is 12.5. The summed E-state index contributed by atoms with van der Waals surface area (Å²) in [6.07, 6.45) is 51.1. The van der Waals surface area contributed by atoms with Crippen LogP contribution in [0.3, 0.4) is 0 Å². The fraction of sp³-hybridized carbons (Fsp3) is 0.789. The highest BCUT2D eigenvalue weighted by Crippen LogP contribution is 2.14. The van der Waals surface area contributed by atoms with Crippen molar-refractivity contribution < 1.29 is 28.6 Å². The number of hydrogen-bond acceptors (Lipinski definition) is 9. The molecular formula is C57H99N3O9. The molecule has 0 atom stereocenters. The van der Waals surface area contributed by atoms with Gasteiger partial charge in [0.2, 0.25) is 0 Å². The van der Waals surface area contributed by atoms with E-state index in [9.17, 15) is 28.8 Å². The minimum absolute atomic E-state index is 0.225. The maximum atomic E-state index is 13.6. The zero-order valence-corrected chi connectivity index (χ0v) is 44.2. The standard InChI is InChI=1S/C57H99N3O9/c1-4-7-10-13-16-19-22-25-28-31-34-37-40-43-52(61)67-49-46-58-55(64)59(47-50-68-53(62)44-41-38-35-32-29-26-23-20-17-14-11-8-5-2)57(66)60(56(58)65)48-51-69-54(63)45-42-39-36-33-30-27-24-21-18-15-12-9-6-3/h10-15H,4-9,16-51H2,1-3H3/b13-10+,14-11+,15-12+. The summed E-state index contributed by atoms with van der Waals surface area (Å²) in [6.45, 7) is 5.12. The summed E-state index contributed by atoms with van der Waals surface area (Å²) in [7, 11) is 0. The van der Waals surface area contributed by atoms with Crippen molar-refractivity contribution in [2.24, 2.45) is 0 Å². The molecule has 0 fully saturated rings. The lowest BCUT2D eigenvalue weighted by atomic mass is 10.1. The number of ether oxygens (including phenoxy) is 3. The zero-order chi connectivity index (χ0) is 50.3. The predicted octanol–water partition coefficient (Wildman–Crippen LogP) is 13.6. The second-order valence-corrected chi connectivity index (χ2v) is 18.8. The van der Waals surface area contributed by atoms with Crippen LogP contribution in [0.5, 0.6) is 0 Å². The molecule has 1 aromatic heterocycles. The van der Waals surface area contributed by atoms with E-state index in [1.807, 2.05) is 0 Å². The summed E-state index contributed by atoms with van der Waals surface area (Å²) in [5.74, 6) is -1.22. The molecule has 0 radical (unpaired) electrons. The number of unbranched alkanes of at least 4 members (excludes halogenated alkanes) is 27. The first kappa shape index (κ1) is 63.1. The number of hydrogen-bond donors (Lipinski definition) is 0. The lowest BCUT2D eigenvalue weighted by molar-refractivity contribution is -0.144. The second kappa shape index (κ2) is 46.4. The van der Waals surface area contributed by atoms with Gasteiger partial charge in [-0.25, -0.2) is 28.1 Å². The normalized spacial score (nSPS) is 11.7. The molecular weight excluding hydrogens is 871 g/mol. The summed E-state index contributed by atoms with van der Waals surface area (Å²) in [5.41, 5.74) is -2.65. The topological polar surface area (TPSA) is 145 Å². The van der Waals surface area contributed by atoms with E-state index in [2.05, 4.69) is 57.2 Å². The summed E-state index contributed by atoms with van der Waals surface area (Å²) in [5, 5.41) is 0. The van der Waals surface area contributed by atoms with Crippen LogP contribution in [-0.2, 0) is 48.2 Å². The number of carbonyl (C=O) groups excluding carboxylic acids is 3. The molecule has 0 aliphatic rings. The minimum Gasteiger partial charge on any atom is -0.464 e. The quantitative estimate of drug-likeness (QED) is 0.0270. The summed E-state index contributed by atoms with van der Waals surface area (Å²) in [6, 6.07) is 0. The monoisotopic (exact) mass is 970 g/mol. The Morgan fingerprint density at radius 3 is 0.754 bits per heavy atom. The van der Waals surface area contributed by atoms with E-state index in [1.165, 1.54) is 96.3 Å². The van der Waals surface area contributed by atoms with Gasteiger partial charge in [-0.2, -0.15) is 0 Å². The van der Waals surface area contributed by atoms with E-state index in [4.69, 9.17) is 14.2 Å². The molecule has 0 aliphatic heterocycles. The maximum Gasteiger partial charge on any atom is 0.336 e. The van der Waals surface area contributed by atoms with Gasteiger partial charge in [0.05, 0.1) is 19.6 Å². The van der Waals surface area contributed by atoms with E-state index in [0.29, 0.717) is 19.3 Å². The molecule has 0 aromatic carbocycles. The molecule has 0 spiro atoms. The highest BCUT2D eigenvalue weighted by Gasteiger charge is 2.17. The highest BCUT2D eigenvalue weighted by molar-refractivity contribution is 5.69. The van der Waals surface area contributed by atoms with Gasteiger partial charge in [-0.1, -0.05) is 192 Å². The van der Waals surface area contributed by atoms with E-state index in [0.717, 1.165) is 110 Å². The van der Waals surface area contributed by atoms with Crippen LogP contribution >= 0.6 is 0 Å². The Kier molecular flexibility index (Phi) is 42.4. The van der Waals surface area contributed by atoms with Gasteiger partial charge < -0.3 is 14.2 Å². The molecule has 69 heavy (non-hydrogen) atoms. The number of esters is 3. The van der Waals surface area contributed by atoms with Crippen molar-refractivity contribution in [3.05, 3.63) is 67.9 Å². The van der Waals surface area contributed by atoms with Gasteiger partial charge in [-0.15, -0.1) is 0 Å². The Balaban J connectivity index is 2.63. The van der Waals surface area contributed by atoms with Crippen LogP contribution < -0.4 is 17.1 Å². The molecule has 12 nitrogen and oxygen atoms in total. The van der Waals surface area contributed by atoms with Crippen molar-refractivity contribution in [3.8, 4) is 0 Å². The first-order chi connectivity index (χ1) is 33.8. The van der Waals surface area contributed by atoms with Crippen LogP contribution in [0.4, 0.5) is 0 Å². The molecule has 0 saturated heterocycles. The molecule has 0 aliphatic carbocycles. The average molecular weight is 970 g/mol. The van der Waals surface area contributed by atoms with E-state index >= 15 is 0 Å². The van der Waals surface area contributed by atoms with Gasteiger partial charge in [0, 0.05) is 19.3 Å². The molecule has 0 saturated carbocycles. The van der Waals surface area contributed by atoms with Gasteiger partial charge in [-0.05, 0) is 77.0 Å². The molecule has 396 valence electrons. The fourth-order valence-electron chi connectivity index (χ4n) is 8.21. The largest absolute Gasteiger partial charge is 0.464 e. The van der Waals surface area contributed by atoms with Crippen LogP contribution in [0, 0.1) is 0 Å². The van der Waals surface area contributed by atoms with Gasteiger partial charge in [-0.3, -0.25) is 14.4 Å². The molecule has 1 heterocycles. The van der Waals surface area contributed by atoms with Gasteiger partial charge in [0.1, 0.15) is 19.8 Å². The highest BCUT2D eigenvalue weighted by atomic mass is 16.5. The Bertz CT molecular complexity index is 1480. The molecule has 0 N–H and O–H groups in total. The average Bonchev–Trinajstić information content (AvgIpc) is 3.34. The van der Waals surface area contributed by atoms with Crippen molar-refractivity contribution in [1.29, 1.82) is 0 Å². The first-order valence-electron chi connectivity index (χ1n) is 28.1. The second-order valence-electron chi connectivity index (χ2n) is 18.8. The lowest BCUT2D eigenvalue weighted by Gasteiger charge is -2.14. The number of rotatable bonds is 48. The Hall–Kier alpha value is -3.96. The van der Waals surface area contributed by atoms with Crippen molar-refractivity contribution in [2.45, 2.75) is 272 Å². The first-order valence-corrected chi connectivity index (χ1v) is 28.1. The smallest absolute Gasteiger partial charge is 0.336 e. The lowest BCUT2D eigenvalue weighted by Crippen LogP contribution is -2.55. The van der Waals surface area contributed by atoms with E-state index < -0.39 is 35.0 Å². The Morgan fingerprint density at radius 1 is 0.319 bits per heavy atom. The van der Waals surface area contributed by atoms with Crippen molar-refractivity contribution in [1.82, 2.24) is 13.7 Å². The van der Waals surface area contributed by atoms with Crippen molar-refractivity contribution in [2.75, 3.05) is 19.8 Å². The predicted molar refractivity (Wildman–Crippen MR) is 283 cm³/mol. The van der Waals surface area contributed by atoms with Gasteiger partial charge in [0.25, 0.3) is 0 Å². The summed E-state index contributed by atoms with van der Waals surface area (Å²) >= 11 is 0. The molecule has 0 unspecified atom stereocenters. The molecule has 12 heteroatoms. The number of nitrogens with zero attached hydrogens (tertiary/aromatic N) is 3. The third kappa shape index (κ3) is 35.7. The van der Waals surface area contributed by atoms with Crippen molar-refractivity contribution >= 4 is 17.9 Å². The zero-order valence-electron chi connectivity index (χ0n) is 44.2. The summed E-state index contributed by atoms with van der Waals surface area (Å²) in [4.78, 5) is 78.4. The van der Waals surface area contributed by atoms with Crippen LogP contribution in [-0.4, -0.2) is 51.4 Å². The minimum atomic E-state index is -0.883. The van der Waals surface area contributed by atoms with Crippen LogP contribution in [0.15, 0.2) is 50.8 Å². The summed E-state index contributed by atoms with van der Waals surface area (Å²) < 4.78 is 18.8. The van der Waals surface area contributed by atoms with E-state index in [1.54, 1.807) is 0 Å². The molecule has 1 rings (SSSR count). The van der Waals surface area contributed by atoms with Crippen LogP contribution in [0.2, 0.25) is 0 Å². The number of aromatic nitrogens is 3. The Morgan fingerprint density at radius 2 is 0.522 bits per heavy atom. The van der Waals surface area contributed by atoms with Crippen molar-refractivity contribution in [3.63, 3.8) is 0 Å². The number of carbonyl (C=O) groups is 3. The Labute approximate surface area is 418 Å². The van der Waals surface area contributed by atoms with Crippen LogP contribution in [0.25, 0.3) is 0 Å².